The predicted molar refractivity (Wildman–Crippen MR) is 99.2 cm³/mol. The van der Waals surface area contributed by atoms with Gasteiger partial charge in [-0.25, -0.2) is 5.10 Å². The van der Waals surface area contributed by atoms with Crippen molar-refractivity contribution in [3.63, 3.8) is 0 Å². The van der Waals surface area contributed by atoms with E-state index in [4.69, 9.17) is 12.2 Å². The van der Waals surface area contributed by atoms with Crippen LogP contribution in [0.15, 0.2) is 66.0 Å². The molecule has 122 valence electrons. The van der Waals surface area contributed by atoms with Crippen molar-refractivity contribution in [1.82, 2.24) is 19.9 Å². The summed E-state index contributed by atoms with van der Waals surface area (Å²) in [6, 6.07) is 15.0. The Hall–Kier alpha value is -3.32. The number of aromatic amines is 1. The predicted octanol–water partition coefficient (Wildman–Crippen LogP) is 3.74. The van der Waals surface area contributed by atoms with E-state index in [2.05, 4.69) is 20.3 Å². The van der Waals surface area contributed by atoms with E-state index in [0.29, 0.717) is 16.2 Å². The van der Waals surface area contributed by atoms with Crippen LogP contribution >= 0.6 is 12.2 Å². The van der Waals surface area contributed by atoms with Crippen molar-refractivity contribution >= 4 is 29.2 Å². The molecule has 4 rings (SSSR count). The molecule has 0 fully saturated rings. The zero-order valence-electron chi connectivity index (χ0n) is 13.0. The van der Waals surface area contributed by atoms with Crippen LogP contribution in [0.5, 0.6) is 5.75 Å². The van der Waals surface area contributed by atoms with Crippen LogP contribution in [0.1, 0.15) is 5.56 Å². The number of phenols is 1. The molecule has 2 heterocycles. The average Bonchev–Trinajstić information content (AvgIpc) is 3.02. The third-order valence-electron chi connectivity index (χ3n) is 3.82. The molecule has 0 spiro atoms. The minimum absolute atomic E-state index is 0.153. The van der Waals surface area contributed by atoms with Gasteiger partial charge < -0.3 is 5.11 Å². The fourth-order valence-corrected chi connectivity index (χ4v) is 2.80. The van der Waals surface area contributed by atoms with Gasteiger partial charge in [0.2, 0.25) is 4.77 Å². The molecule has 0 aliphatic heterocycles. The molecule has 2 N–H and O–H groups in total. The molecule has 0 amide bonds. The van der Waals surface area contributed by atoms with Crippen LogP contribution in [-0.2, 0) is 0 Å². The van der Waals surface area contributed by atoms with E-state index >= 15 is 0 Å². The van der Waals surface area contributed by atoms with Crippen molar-refractivity contribution in [2.24, 2.45) is 5.10 Å². The van der Waals surface area contributed by atoms with Crippen molar-refractivity contribution in [3.05, 3.63) is 71.3 Å². The number of fused-ring (bicyclic) bond motifs is 1. The Morgan fingerprint density at radius 2 is 2.00 bits per heavy atom. The first-order valence-electron chi connectivity index (χ1n) is 7.57. The van der Waals surface area contributed by atoms with Crippen molar-refractivity contribution in [1.29, 1.82) is 0 Å². The quantitative estimate of drug-likeness (QED) is 0.437. The lowest BCUT2D eigenvalue weighted by Gasteiger charge is -2.05. The van der Waals surface area contributed by atoms with Crippen LogP contribution in [0.2, 0.25) is 0 Å². The Balaban J connectivity index is 1.84. The zero-order chi connectivity index (χ0) is 17.2. The number of phenolic OH excluding ortho intramolecular Hbond substituents is 1. The molecule has 0 aliphatic carbocycles. The molecular formula is C18H13N5OS. The highest BCUT2D eigenvalue weighted by atomic mass is 32.1. The first kappa shape index (κ1) is 15.2. The number of pyridine rings is 1. The molecule has 0 saturated carbocycles. The van der Waals surface area contributed by atoms with E-state index in [1.165, 1.54) is 4.68 Å². The maximum absolute atomic E-state index is 10.2. The average molecular weight is 347 g/mol. The number of rotatable bonds is 3. The number of nitrogens with one attached hydrogen (secondary N) is 1. The highest BCUT2D eigenvalue weighted by Gasteiger charge is 2.09. The second-order valence-corrected chi connectivity index (χ2v) is 5.76. The Morgan fingerprint density at radius 3 is 2.84 bits per heavy atom. The zero-order valence-corrected chi connectivity index (χ0v) is 13.8. The maximum atomic E-state index is 10.2. The van der Waals surface area contributed by atoms with E-state index in [-0.39, 0.29) is 5.75 Å². The normalized spacial score (nSPS) is 11.4. The van der Waals surface area contributed by atoms with Gasteiger partial charge in [0, 0.05) is 23.5 Å². The molecule has 0 bridgehead atoms. The van der Waals surface area contributed by atoms with Crippen LogP contribution in [0.25, 0.3) is 22.2 Å². The van der Waals surface area contributed by atoms with Gasteiger partial charge in [0.25, 0.3) is 0 Å². The smallest absolute Gasteiger partial charge is 0.216 e. The minimum Gasteiger partial charge on any atom is -0.507 e. The molecule has 2 aromatic heterocycles. The molecule has 0 unspecified atom stereocenters. The molecular weight excluding hydrogens is 334 g/mol. The Morgan fingerprint density at radius 1 is 1.12 bits per heavy atom. The van der Waals surface area contributed by atoms with Crippen LogP contribution in [0.3, 0.4) is 0 Å². The van der Waals surface area contributed by atoms with Gasteiger partial charge in [-0.1, -0.05) is 30.3 Å². The largest absolute Gasteiger partial charge is 0.507 e. The summed E-state index contributed by atoms with van der Waals surface area (Å²) in [4.78, 5) is 4.09. The monoisotopic (exact) mass is 347 g/mol. The molecule has 7 heteroatoms. The fraction of sp³-hybridized carbons (Fsp3) is 0. The van der Waals surface area contributed by atoms with Gasteiger partial charge in [0.1, 0.15) is 5.75 Å². The highest BCUT2D eigenvalue weighted by Crippen LogP contribution is 2.25. The van der Waals surface area contributed by atoms with Gasteiger partial charge in [-0.3, -0.25) is 4.98 Å². The third kappa shape index (κ3) is 2.81. The number of hydrogen-bond donors (Lipinski definition) is 2. The summed E-state index contributed by atoms with van der Waals surface area (Å²) in [5, 5.41) is 23.5. The summed E-state index contributed by atoms with van der Waals surface area (Å²) >= 11 is 5.27. The molecule has 4 aromatic rings. The lowest BCUT2D eigenvalue weighted by Crippen LogP contribution is -1.96. The number of hydrogen-bond acceptors (Lipinski definition) is 5. The summed E-state index contributed by atoms with van der Waals surface area (Å²) in [5.41, 5.74) is 1.41. The third-order valence-corrected chi connectivity index (χ3v) is 4.08. The van der Waals surface area contributed by atoms with Crippen LogP contribution in [0.4, 0.5) is 0 Å². The number of aromatic nitrogens is 4. The van der Waals surface area contributed by atoms with E-state index in [9.17, 15) is 5.11 Å². The van der Waals surface area contributed by atoms with Crippen LogP contribution in [0, 0.1) is 4.77 Å². The van der Waals surface area contributed by atoms with Crippen molar-refractivity contribution in [3.8, 4) is 17.1 Å². The molecule has 0 atom stereocenters. The Kier molecular flexibility index (Phi) is 3.83. The number of H-pyrrole nitrogens is 1. The first-order valence-corrected chi connectivity index (χ1v) is 7.98. The topological polar surface area (TPSA) is 79.1 Å². The second kappa shape index (κ2) is 6.29. The summed E-state index contributed by atoms with van der Waals surface area (Å²) < 4.78 is 1.86. The van der Waals surface area contributed by atoms with Crippen LogP contribution in [-0.4, -0.2) is 31.2 Å². The fourth-order valence-electron chi connectivity index (χ4n) is 2.62. The number of nitrogens with zero attached hydrogens (tertiary/aromatic N) is 4. The van der Waals surface area contributed by atoms with Gasteiger partial charge in [0.05, 0.1) is 6.21 Å². The Bertz CT molecular complexity index is 1130. The maximum Gasteiger partial charge on any atom is 0.216 e. The number of aromatic hydroxyl groups is 1. The Labute approximate surface area is 148 Å². The van der Waals surface area contributed by atoms with E-state index in [1.807, 2.05) is 42.5 Å². The van der Waals surface area contributed by atoms with Crippen molar-refractivity contribution in [2.45, 2.75) is 0 Å². The minimum atomic E-state index is 0.153. The SMILES string of the molecule is Oc1ccc2ccccc2c1/C=N/n1c(-c2cccnc2)n[nH]c1=S. The van der Waals surface area contributed by atoms with E-state index in [1.54, 1.807) is 24.7 Å². The molecule has 0 saturated heterocycles. The summed E-state index contributed by atoms with van der Waals surface area (Å²) in [6.45, 7) is 0. The standard InChI is InChI=1S/C18H13N5OS/c24-16-8-7-12-4-1-2-6-14(12)15(16)11-20-23-17(21-22-18(23)25)13-5-3-9-19-10-13/h1-11,24H,(H,22,25)/b20-11+. The molecule has 6 nitrogen and oxygen atoms in total. The van der Waals surface area contributed by atoms with Crippen LogP contribution < -0.4 is 0 Å². The summed E-state index contributed by atoms with van der Waals surface area (Å²) in [5.74, 6) is 0.703. The van der Waals surface area contributed by atoms with Gasteiger partial charge in [-0.05, 0) is 41.2 Å². The van der Waals surface area contributed by atoms with Crippen molar-refractivity contribution < 1.29 is 5.11 Å². The molecule has 0 aliphatic rings. The lowest BCUT2D eigenvalue weighted by atomic mass is 10.0. The molecule has 0 radical (unpaired) electrons. The second-order valence-electron chi connectivity index (χ2n) is 5.37. The van der Waals surface area contributed by atoms with E-state index < -0.39 is 0 Å². The van der Waals surface area contributed by atoms with Gasteiger partial charge in [-0.15, -0.1) is 0 Å². The summed E-state index contributed by atoms with van der Waals surface area (Å²) in [6.07, 6.45) is 4.96. The van der Waals surface area contributed by atoms with Gasteiger partial charge in [-0.2, -0.15) is 14.9 Å². The number of benzene rings is 2. The lowest BCUT2D eigenvalue weighted by molar-refractivity contribution is 0.475. The molecule has 2 aromatic carbocycles. The van der Waals surface area contributed by atoms with Gasteiger partial charge >= 0.3 is 0 Å². The first-order chi connectivity index (χ1) is 12.2. The highest BCUT2D eigenvalue weighted by molar-refractivity contribution is 7.71. The van der Waals surface area contributed by atoms with Crippen molar-refractivity contribution in [2.75, 3.05) is 0 Å². The van der Waals surface area contributed by atoms with Gasteiger partial charge in [0.15, 0.2) is 5.82 Å². The van der Waals surface area contributed by atoms with E-state index in [0.717, 1.165) is 16.3 Å². The summed E-state index contributed by atoms with van der Waals surface area (Å²) in [7, 11) is 0. The molecule has 25 heavy (non-hydrogen) atoms.